The van der Waals surface area contributed by atoms with Gasteiger partial charge in [0.1, 0.15) is 11.2 Å². The third kappa shape index (κ3) is 4.48. The van der Waals surface area contributed by atoms with Gasteiger partial charge in [0.05, 0.1) is 0 Å². The number of nitrogens with zero attached hydrogens (tertiary/aromatic N) is 2. The number of fused-ring (bicyclic) bond motifs is 9. The van der Waals surface area contributed by atoms with Gasteiger partial charge in [0.15, 0.2) is 0 Å². The lowest BCUT2D eigenvalue weighted by atomic mass is 9.32. The number of hydrogen-bond acceptors (Lipinski definition) is 3. The van der Waals surface area contributed by atoms with E-state index in [1.165, 1.54) is 104 Å². The minimum absolute atomic E-state index is 0.0941. The van der Waals surface area contributed by atoms with Crippen LogP contribution in [-0.4, -0.2) is 6.71 Å². The van der Waals surface area contributed by atoms with Crippen molar-refractivity contribution in [2.24, 2.45) is 0 Å². The van der Waals surface area contributed by atoms with Gasteiger partial charge in [-0.1, -0.05) is 146 Å². The summed E-state index contributed by atoms with van der Waals surface area (Å²) >= 11 is 0. The Hall–Kier alpha value is -8.60. The van der Waals surface area contributed by atoms with Crippen molar-refractivity contribution < 1.29 is 4.42 Å². The number of anilines is 6. The van der Waals surface area contributed by atoms with E-state index in [1.807, 2.05) is 6.07 Å². The van der Waals surface area contributed by atoms with E-state index in [4.69, 9.17) is 4.42 Å². The Morgan fingerprint density at radius 2 is 0.758 bits per heavy atom. The number of rotatable bonds is 3. The molecule has 1 aromatic heterocycles. The summed E-state index contributed by atoms with van der Waals surface area (Å²) in [7, 11) is 0. The van der Waals surface area contributed by atoms with Crippen molar-refractivity contribution in [2.75, 3.05) is 9.80 Å². The van der Waals surface area contributed by atoms with Crippen LogP contribution in [0.5, 0.6) is 0 Å². The minimum Gasteiger partial charge on any atom is -0.456 e. The molecule has 0 atom stereocenters. The lowest BCUT2D eigenvalue weighted by Crippen LogP contribution is -2.61. The fourth-order valence-electron chi connectivity index (χ4n) is 12.4. The Kier molecular flexibility index (Phi) is 6.63. The van der Waals surface area contributed by atoms with E-state index in [0.29, 0.717) is 0 Å². The Balaban J connectivity index is 1.11. The zero-order valence-corrected chi connectivity index (χ0v) is 35.6. The molecule has 0 spiro atoms. The van der Waals surface area contributed by atoms with Crippen LogP contribution >= 0.6 is 0 Å². The summed E-state index contributed by atoms with van der Waals surface area (Å²) in [6, 6.07) is 79.4. The second-order valence-corrected chi connectivity index (χ2v) is 18.3. The van der Waals surface area contributed by atoms with Crippen molar-refractivity contribution in [3.05, 3.63) is 212 Å². The minimum atomic E-state index is -0.0941. The van der Waals surface area contributed by atoms with Crippen LogP contribution in [0.3, 0.4) is 0 Å². The van der Waals surface area contributed by atoms with Crippen molar-refractivity contribution in [3.8, 4) is 11.1 Å². The van der Waals surface area contributed by atoms with E-state index in [1.54, 1.807) is 0 Å². The molecule has 66 heavy (non-hydrogen) atoms. The molecule has 0 amide bonds. The van der Waals surface area contributed by atoms with Gasteiger partial charge in [-0.05, 0) is 159 Å². The molecule has 0 fully saturated rings. The molecule has 13 aromatic carbocycles. The van der Waals surface area contributed by atoms with Gasteiger partial charge >= 0.3 is 0 Å². The zero-order valence-electron chi connectivity index (χ0n) is 35.6. The van der Waals surface area contributed by atoms with Gasteiger partial charge in [0.2, 0.25) is 0 Å². The number of para-hydroxylation sites is 3. The molecule has 0 N–H and O–H groups in total. The van der Waals surface area contributed by atoms with Crippen LogP contribution in [0.25, 0.3) is 97.7 Å². The standard InChI is InChI=1S/C62H35BN2O/c1-3-15-44(16-4-1)64-50-32-41-23-21-36-11-9-13-38-25-28-47(58(41)56(36)38)60(50)63-61-48-29-26-39-14-10-12-37-22-24-42(59(48)57(37)39)33-51(61)65(45-17-5-2-6-18-45)53-35-43(34-52(64)62(53)63)40-27-30-55-49(31-40)46-19-7-8-20-54(46)66-55/h1-35H. The smallest absolute Gasteiger partial charge is 0.253 e. The maximum Gasteiger partial charge on any atom is 0.253 e. The van der Waals surface area contributed by atoms with Crippen LogP contribution in [0.4, 0.5) is 34.1 Å². The highest BCUT2D eigenvalue weighted by Gasteiger charge is 2.46. The molecule has 16 rings (SSSR count). The third-order valence-corrected chi connectivity index (χ3v) is 15.0. The fraction of sp³-hybridized carbons (Fsp3) is 0. The van der Waals surface area contributed by atoms with Crippen LogP contribution in [0.2, 0.25) is 0 Å². The Morgan fingerprint density at radius 3 is 1.32 bits per heavy atom. The molecule has 0 saturated carbocycles. The van der Waals surface area contributed by atoms with Gasteiger partial charge in [0, 0.05) is 44.9 Å². The van der Waals surface area contributed by atoms with Crippen molar-refractivity contribution in [1.29, 1.82) is 0 Å². The molecule has 302 valence electrons. The van der Waals surface area contributed by atoms with Crippen molar-refractivity contribution in [2.45, 2.75) is 0 Å². The van der Waals surface area contributed by atoms with Gasteiger partial charge in [-0.3, -0.25) is 0 Å². The average Bonchev–Trinajstić information content (AvgIpc) is 3.75. The molecular formula is C62H35BN2O. The fourth-order valence-corrected chi connectivity index (χ4v) is 12.4. The molecule has 3 nitrogen and oxygen atoms in total. The number of benzene rings is 13. The van der Waals surface area contributed by atoms with Gasteiger partial charge < -0.3 is 14.2 Å². The molecule has 0 bridgehead atoms. The van der Waals surface area contributed by atoms with Crippen LogP contribution < -0.4 is 26.2 Å². The second-order valence-electron chi connectivity index (χ2n) is 18.3. The molecular weight excluding hydrogens is 800 g/mol. The van der Waals surface area contributed by atoms with Gasteiger partial charge in [-0.25, -0.2) is 0 Å². The monoisotopic (exact) mass is 834 g/mol. The van der Waals surface area contributed by atoms with Crippen LogP contribution in [0.15, 0.2) is 217 Å². The molecule has 0 radical (unpaired) electrons. The second kappa shape index (κ2) is 12.6. The van der Waals surface area contributed by atoms with Crippen molar-refractivity contribution in [3.63, 3.8) is 0 Å². The lowest BCUT2D eigenvalue weighted by molar-refractivity contribution is 0.669. The van der Waals surface area contributed by atoms with Gasteiger partial charge in [-0.15, -0.1) is 0 Å². The highest BCUT2D eigenvalue weighted by Crippen LogP contribution is 2.50. The van der Waals surface area contributed by atoms with Crippen molar-refractivity contribution >= 4 is 144 Å². The van der Waals surface area contributed by atoms with Gasteiger partial charge in [0.25, 0.3) is 6.71 Å². The van der Waals surface area contributed by atoms with E-state index >= 15 is 0 Å². The van der Waals surface area contributed by atoms with Crippen LogP contribution in [-0.2, 0) is 0 Å². The summed E-state index contributed by atoms with van der Waals surface area (Å²) in [4.78, 5) is 5.14. The first-order chi connectivity index (χ1) is 32.7. The molecule has 4 heteroatoms. The highest BCUT2D eigenvalue weighted by molar-refractivity contribution is 7.03. The quantitative estimate of drug-likeness (QED) is 0.131. The normalized spacial score (nSPS) is 13.4. The molecule has 3 heterocycles. The molecule has 2 aliphatic rings. The first kappa shape index (κ1) is 34.8. The summed E-state index contributed by atoms with van der Waals surface area (Å²) in [6.07, 6.45) is 0. The Morgan fingerprint density at radius 1 is 0.288 bits per heavy atom. The molecule has 0 aliphatic carbocycles. The largest absolute Gasteiger partial charge is 0.456 e. The van der Waals surface area contributed by atoms with Crippen LogP contribution in [0.1, 0.15) is 0 Å². The Labute approximate surface area is 379 Å². The highest BCUT2D eigenvalue weighted by atomic mass is 16.3. The topological polar surface area (TPSA) is 19.6 Å². The maximum atomic E-state index is 6.38. The summed E-state index contributed by atoms with van der Waals surface area (Å²) < 4.78 is 6.38. The summed E-state index contributed by atoms with van der Waals surface area (Å²) in [6.45, 7) is -0.0941. The number of furan rings is 1. The Bertz CT molecular complexity index is 4110. The van der Waals surface area contributed by atoms with E-state index < -0.39 is 0 Å². The predicted octanol–water partition coefficient (Wildman–Crippen LogP) is 15.1. The lowest BCUT2D eigenvalue weighted by Gasteiger charge is -2.45. The summed E-state index contributed by atoms with van der Waals surface area (Å²) in [5, 5.41) is 17.8. The number of hydrogen-bond donors (Lipinski definition) is 0. The average molecular weight is 835 g/mol. The van der Waals surface area contributed by atoms with Crippen molar-refractivity contribution in [1.82, 2.24) is 0 Å². The summed E-state index contributed by atoms with van der Waals surface area (Å²) in [5.74, 6) is 0. The SMILES string of the molecule is c1ccc(N2c3cc(-c4ccc5oc6ccccc6c5c4)cc4c3B(c3c2cc2ccc5cccc6ccc3c2c56)c2c(cc3ccc5cccc6ccc2c3c56)N4c2ccccc2)cc1. The van der Waals surface area contributed by atoms with E-state index in [2.05, 4.69) is 216 Å². The molecule has 0 saturated heterocycles. The summed E-state index contributed by atoms with van der Waals surface area (Å²) in [5.41, 5.74) is 15.2. The molecule has 0 unspecified atom stereocenters. The molecule has 14 aromatic rings. The molecule has 2 aliphatic heterocycles. The zero-order chi connectivity index (χ0) is 42.8. The van der Waals surface area contributed by atoms with Gasteiger partial charge in [-0.2, -0.15) is 0 Å². The van der Waals surface area contributed by atoms with E-state index in [9.17, 15) is 0 Å². The third-order valence-electron chi connectivity index (χ3n) is 15.0. The first-order valence-corrected chi connectivity index (χ1v) is 22.9. The van der Waals surface area contributed by atoms with E-state index in [0.717, 1.165) is 44.4 Å². The van der Waals surface area contributed by atoms with Crippen LogP contribution in [0, 0.1) is 0 Å². The first-order valence-electron chi connectivity index (χ1n) is 22.9. The van der Waals surface area contributed by atoms with E-state index in [-0.39, 0.29) is 6.71 Å². The predicted molar refractivity (Wildman–Crippen MR) is 281 cm³/mol. The maximum absolute atomic E-state index is 6.38.